The molecule has 1 saturated heterocycles. The van der Waals surface area contributed by atoms with E-state index in [0.29, 0.717) is 4.90 Å². The number of hydrogen-bond donors (Lipinski definition) is 1. The van der Waals surface area contributed by atoms with Gasteiger partial charge in [0, 0.05) is 12.6 Å². The van der Waals surface area contributed by atoms with E-state index in [2.05, 4.69) is 5.32 Å². The maximum absolute atomic E-state index is 11.7. The maximum Gasteiger partial charge on any atom is 0.334 e. The Morgan fingerprint density at radius 2 is 1.63 bits per heavy atom. The molecule has 0 aromatic rings. The smallest absolute Gasteiger partial charge is 0.334 e. The van der Waals surface area contributed by atoms with Crippen LogP contribution in [-0.2, 0) is 14.4 Å². The van der Waals surface area contributed by atoms with Gasteiger partial charge in [-0.15, -0.1) is 0 Å². The first-order chi connectivity index (χ1) is 8.79. The average Bonchev–Trinajstić information content (AvgIpc) is 2.53. The molecule has 1 atom stereocenters. The van der Waals surface area contributed by atoms with E-state index in [1.54, 1.807) is 6.92 Å². The van der Waals surface area contributed by atoms with Crippen molar-refractivity contribution < 1.29 is 19.2 Å². The molecule has 1 aliphatic heterocycles. The minimum atomic E-state index is -0.945. The Morgan fingerprint density at radius 3 is 2.05 bits per heavy atom. The molecule has 1 aliphatic rings. The van der Waals surface area contributed by atoms with Crippen LogP contribution in [0.25, 0.3) is 0 Å². The minimum absolute atomic E-state index is 0.0710. The highest BCUT2D eigenvalue weighted by Crippen LogP contribution is 2.11. The highest BCUT2D eigenvalue weighted by Gasteiger charge is 2.44. The lowest BCUT2D eigenvalue weighted by molar-refractivity contribution is -0.144. The fraction of sp³-hybridized carbons (Fsp3) is 0.667. The second kappa shape index (κ2) is 5.81. The third-order valence-corrected chi connectivity index (χ3v) is 3.14. The van der Waals surface area contributed by atoms with Gasteiger partial charge in [0.1, 0.15) is 6.54 Å². The molecule has 0 aromatic heterocycles. The molecule has 0 aliphatic carbocycles. The SMILES string of the molecule is CCN1C(=O)C(=O)N(CC(=O)N[C@H](C)C(C)C)C1=O. The highest BCUT2D eigenvalue weighted by atomic mass is 16.2. The van der Waals surface area contributed by atoms with E-state index in [0.717, 1.165) is 4.90 Å². The molecule has 1 N–H and O–H groups in total. The average molecular weight is 269 g/mol. The van der Waals surface area contributed by atoms with Crippen LogP contribution < -0.4 is 5.32 Å². The fourth-order valence-electron chi connectivity index (χ4n) is 1.58. The van der Waals surface area contributed by atoms with Crippen LogP contribution in [0.3, 0.4) is 0 Å². The minimum Gasteiger partial charge on any atom is -0.352 e. The third-order valence-electron chi connectivity index (χ3n) is 3.14. The van der Waals surface area contributed by atoms with Crippen molar-refractivity contribution in [1.29, 1.82) is 0 Å². The number of amides is 5. The van der Waals surface area contributed by atoms with Crippen molar-refractivity contribution in [2.24, 2.45) is 5.92 Å². The number of nitrogens with zero attached hydrogens (tertiary/aromatic N) is 2. The lowest BCUT2D eigenvalue weighted by Gasteiger charge is -2.19. The van der Waals surface area contributed by atoms with Crippen molar-refractivity contribution in [3.63, 3.8) is 0 Å². The Kier molecular flexibility index (Phi) is 4.63. The fourth-order valence-corrected chi connectivity index (χ4v) is 1.58. The van der Waals surface area contributed by atoms with Crippen molar-refractivity contribution in [3.05, 3.63) is 0 Å². The molecular formula is C12H19N3O4. The van der Waals surface area contributed by atoms with Crippen LogP contribution in [0.15, 0.2) is 0 Å². The van der Waals surface area contributed by atoms with Gasteiger partial charge >= 0.3 is 17.8 Å². The van der Waals surface area contributed by atoms with Gasteiger partial charge in [0.05, 0.1) is 0 Å². The molecule has 7 nitrogen and oxygen atoms in total. The largest absolute Gasteiger partial charge is 0.352 e. The number of rotatable bonds is 5. The summed E-state index contributed by atoms with van der Waals surface area (Å²) in [6.07, 6.45) is 0. The van der Waals surface area contributed by atoms with E-state index in [9.17, 15) is 19.2 Å². The molecule has 0 unspecified atom stereocenters. The van der Waals surface area contributed by atoms with Crippen molar-refractivity contribution in [3.8, 4) is 0 Å². The first-order valence-corrected chi connectivity index (χ1v) is 6.26. The van der Waals surface area contributed by atoms with Crippen LogP contribution in [-0.4, -0.2) is 52.7 Å². The lowest BCUT2D eigenvalue weighted by atomic mass is 10.1. The zero-order chi connectivity index (χ0) is 14.7. The molecule has 0 saturated carbocycles. The zero-order valence-corrected chi connectivity index (χ0v) is 11.6. The van der Waals surface area contributed by atoms with Gasteiger partial charge in [-0.1, -0.05) is 13.8 Å². The summed E-state index contributed by atoms with van der Waals surface area (Å²) in [5, 5.41) is 2.68. The number of imide groups is 2. The Morgan fingerprint density at radius 1 is 1.11 bits per heavy atom. The van der Waals surface area contributed by atoms with Crippen molar-refractivity contribution >= 4 is 23.8 Å². The van der Waals surface area contributed by atoms with Gasteiger partial charge in [-0.3, -0.25) is 19.3 Å². The Hall–Kier alpha value is -1.92. The first-order valence-electron chi connectivity index (χ1n) is 6.26. The Balaban J connectivity index is 2.67. The molecule has 0 bridgehead atoms. The molecule has 1 heterocycles. The number of nitrogens with one attached hydrogen (secondary N) is 1. The van der Waals surface area contributed by atoms with Crippen LogP contribution in [0, 0.1) is 5.92 Å². The Labute approximate surface area is 111 Å². The van der Waals surface area contributed by atoms with E-state index >= 15 is 0 Å². The highest BCUT2D eigenvalue weighted by molar-refractivity contribution is 6.45. The normalized spacial score (nSPS) is 17.4. The molecule has 1 rings (SSSR count). The maximum atomic E-state index is 11.7. The molecule has 106 valence electrons. The summed E-state index contributed by atoms with van der Waals surface area (Å²) in [7, 11) is 0. The number of urea groups is 1. The second-order valence-electron chi connectivity index (χ2n) is 4.82. The summed E-state index contributed by atoms with van der Waals surface area (Å²) in [5.41, 5.74) is 0. The summed E-state index contributed by atoms with van der Waals surface area (Å²) in [4.78, 5) is 48.0. The lowest BCUT2D eigenvalue weighted by Crippen LogP contribution is -2.45. The van der Waals surface area contributed by atoms with E-state index in [-0.39, 0.29) is 18.5 Å². The van der Waals surface area contributed by atoms with E-state index < -0.39 is 30.3 Å². The van der Waals surface area contributed by atoms with Crippen molar-refractivity contribution in [2.45, 2.75) is 33.7 Å². The van der Waals surface area contributed by atoms with Crippen LogP contribution in [0.1, 0.15) is 27.7 Å². The van der Waals surface area contributed by atoms with Gasteiger partial charge in [0.15, 0.2) is 0 Å². The van der Waals surface area contributed by atoms with Crippen LogP contribution in [0.5, 0.6) is 0 Å². The zero-order valence-electron chi connectivity index (χ0n) is 11.6. The van der Waals surface area contributed by atoms with Crippen molar-refractivity contribution in [1.82, 2.24) is 15.1 Å². The van der Waals surface area contributed by atoms with E-state index in [4.69, 9.17) is 0 Å². The summed E-state index contributed by atoms with van der Waals surface area (Å²) < 4.78 is 0. The standard InChI is InChI=1S/C12H19N3O4/c1-5-14-10(17)11(18)15(12(14)19)6-9(16)13-8(4)7(2)3/h7-8H,5-6H2,1-4H3,(H,13,16)/t8-/m1/s1. The molecular weight excluding hydrogens is 250 g/mol. The molecule has 19 heavy (non-hydrogen) atoms. The van der Waals surface area contributed by atoms with Gasteiger partial charge < -0.3 is 5.32 Å². The van der Waals surface area contributed by atoms with Gasteiger partial charge in [-0.2, -0.15) is 0 Å². The predicted octanol–water partition coefficient (Wildman–Crippen LogP) is -0.0422. The molecule has 0 radical (unpaired) electrons. The van der Waals surface area contributed by atoms with Crippen LogP contribution >= 0.6 is 0 Å². The van der Waals surface area contributed by atoms with Gasteiger partial charge in [-0.05, 0) is 19.8 Å². The number of carbonyl (C=O) groups excluding carboxylic acids is 4. The van der Waals surface area contributed by atoms with Crippen molar-refractivity contribution in [2.75, 3.05) is 13.1 Å². The Bertz CT molecular complexity index is 419. The van der Waals surface area contributed by atoms with Gasteiger partial charge in [0.25, 0.3) is 0 Å². The molecule has 7 heteroatoms. The third kappa shape index (κ3) is 3.10. The van der Waals surface area contributed by atoms with Gasteiger partial charge in [-0.25, -0.2) is 9.69 Å². The topological polar surface area (TPSA) is 86.8 Å². The van der Waals surface area contributed by atoms with E-state index in [1.807, 2.05) is 20.8 Å². The molecule has 0 aromatic carbocycles. The molecule has 5 amide bonds. The number of hydrogen-bond acceptors (Lipinski definition) is 4. The van der Waals surface area contributed by atoms with Crippen LogP contribution in [0.4, 0.5) is 4.79 Å². The second-order valence-corrected chi connectivity index (χ2v) is 4.82. The summed E-state index contributed by atoms with van der Waals surface area (Å²) in [5.74, 6) is -2.03. The predicted molar refractivity (Wildman–Crippen MR) is 66.9 cm³/mol. The quantitative estimate of drug-likeness (QED) is 0.560. The molecule has 1 fully saturated rings. The van der Waals surface area contributed by atoms with Gasteiger partial charge in [0.2, 0.25) is 5.91 Å². The summed E-state index contributed by atoms with van der Waals surface area (Å²) >= 11 is 0. The first kappa shape index (κ1) is 15.1. The van der Waals surface area contributed by atoms with Crippen LogP contribution in [0.2, 0.25) is 0 Å². The number of carbonyl (C=O) groups is 4. The molecule has 0 spiro atoms. The van der Waals surface area contributed by atoms with E-state index in [1.165, 1.54) is 0 Å². The number of likely N-dealkylation sites (N-methyl/N-ethyl adjacent to an activating group) is 1. The summed E-state index contributed by atoms with van der Waals surface area (Å²) in [6, 6.07) is -0.803. The summed E-state index contributed by atoms with van der Waals surface area (Å²) in [6.45, 7) is 7.01. The monoisotopic (exact) mass is 269 g/mol.